The summed E-state index contributed by atoms with van der Waals surface area (Å²) < 4.78 is 19.9. The summed E-state index contributed by atoms with van der Waals surface area (Å²) >= 11 is -0.789. The Balaban J connectivity index is -0.000000500. The van der Waals surface area contributed by atoms with E-state index in [9.17, 15) is 0 Å². The first-order valence-corrected chi connectivity index (χ1v) is 4.70. The molecule has 0 saturated carbocycles. The van der Waals surface area contributed by atoms with Crippen LogP contribution in [0.5, 0.6) is 0 Å². The van der Waals surface area contributed by atoms with Crippen molar-refractivity contribution in [1.29, 1.82) is 0 Å². The maximum absolute atomic E-state index is 5.16. The van der Waals surface area contributed by atoms with Crippen LogP contribution in [0.2, 0.25) is 0 Å². The van der Waals surface area contributed by atoms with Crippen molar-refractivity contribution in [3.63, 3.8) is 0 Å². The molecule has 0 aromatic rings. The molecule has 0 unspecified atom stereocenters. The van der Waals surface area contributed by atoms with E-state index < -0.39 is 15.9 Å². The Morgan fingerprint density at radius 1 is 0.917 bits per heavy atom. The normalized spacial score (nSPS) is 9.17. The molecule has 0 N–H and O–H groups in total. The first-order valence-electron chi connectivity index (χ1n) is 3.55. The molecule has 0 heterocycles. The molecule has 0 spiro atoms. The number of methoxy groups -OCH3 is 2. The number of hydrogen-bond acceptors (Lipinski definition) is 4. The van der Waals surface area contributed by atoms with Gasteiger partial charge in [0.25, 0.3) is 0 Å². The third kappa shape index (κ3) is 13.9. The zero-order chi connectivity index (χ0) is 8.36. The summed E-state index contributed by atoms with van der Waals surface area (Å²) in [6.45, 7) is 2.55. The molecular weight excluding hydrogens is 186 g/mol. The first-order chi connectivity index (χ1) is 5.41. The minimum absolute atomic E-state index is 0. The van der Waals surface area contributed by atoms with Crippen LogP contribution in [-0.4, -0.2) is 86.1 Å². The second-order valence-electron chi connectivity index (χ2n) is 1.92. The summed E-state index contributed by atoms with van der Waals surface area (Å²) in [6.07, 6.45) is 0. The van der Waals surface area contributed by atoms with Gasteiger partial charge in [0.15, 0.2) is 0 Å². The van der Waals surface area contributed by atoms with Crippen LogP contribution < -0.4 is 0 Å². The van der Waals surface area contributed by atoms with Gasteiger partial charge in [-0.15, -0.1) is 0 Å². The van der Waals surface area contributed by atoms with Crippen LogP contribution in [0.15, 0.2) is 0 Å². The van der Waals surface area contributed by atoms with Gasteiger partial charge in [0.2, 0.25) is 0 Å². The molecule has 0 aliphatic carbocycles. The van der Waals surface area contributed by atoms with E-state index in [1.807, 2.05) is 0 Å². The molecule has 0 rings (SSSR count). The topological polar surface area (TPSA) is 36.9 Å². The zero-order valence-electron chi connectivity index (χ0n) is 7.17. The van der Waals surface area contributed by atoms with Crippen LogP contribution in [0.3, 0.4) is 0 Å². The molecule has 6 heteroatoms. The van der Waals surface area contributed by atoms with Gasteiger partial charge >= 0.3 is 45.4 Å². The number of ether oxygens (including phenoxy) is 2. The average Bonchev–Trinajstić information content (AvgIpc) is 2.03. The summed E-state index contributed by atoms with van der Waals surface area (Å²) in [5, 5.41) is 0. The van der Waals surface area contributed by atoms with Crippen LogP contribution in [0.25, 0.3) is 0 Å². The van der Waals surface area contributed by atoms with Gasteiger partial charge in [-0.05, 0) is 0 Å². The number of hydrogen-bond donors (Lipinski definition) is 0. The van der Waals surface area contributed by atoms with E-state index in [4.69, 9.17) is 17.1 Å². The van der Waals surface area contributed by atoms with E-state index in [1.54, 1.807) is 14.2 Å². The Labute approximate surface area is 104 Å². The second kappa shape index (κ2) is 14.9. The molecular formula is C6H18AlNaO4. The van der Waals surface area contributed by atoms with Crippen molar-refractivity contribution < 1.29 is 18.5 Å². The van der Waals surface area contributed by atoms with Gasteiger partial charge in [-0.3, -0.25) is 0 Å². The molecule has 4 nitrogen and oxygen atoms in total. The fraction of sp³-hybridized carbons (Fsp3) is 1.00. The van der Waals surface area contributed by atoms with Gasteiger partial charge < -0.3 is 17.1 Å². The molecule has 0 aromatic heterocycles. The Morgan fingerprint density at radius 2 is 1.33 bits per heavy atom. The molecule has 0 bridgehead atoms. The van der Waals surface area contributed by atoms with Crippen LogP contribution >= 0.6 is 0 Å². The average molecular weight is 204 g/mol. The van der Waals surface area contributed by atoms with E-state index in [1.165, 1.54) is 0 Å². The van der Waals surface area contributed by atoms with Crippen molar-refractivity contribution in [2.45, 2.75) is 0 Å². The zero-order valence-corrected chi connectivity index (χ0v) is 8.58. The summed E-state index contributed by atoms with van der Waals surface area (Å²) in [5.41, 5.74) is 0. The fourth-order valence-electron chi connectivity index (χ4n) is 0.461. The quantitative estimate of drug-likeness (QED) is 0.382. The third-order valence-corrected chi connectivity index (χ3v) is 1.94. The van der Waals surface area contributed by atoms with Gasteiger partial charge in [0.05, 0.1) is 13.2 Å². The van der Waals surface area contributed by atoms with Crippen molar-refractivity contribution in [2.75, 3.05) is 40.6 Å². The molecule has 12 heavy (non-hydrogen) atoms. The minimum atomic E-state index is -0.789. The Hall–Kier alpha value is 1.37. The van der Waals surface area contributed by atoms with Gasteiger partial charge in [-0.1, -0.05) is 0 Å². The summed E-state index contributed by atoms with van der Waals surface area (Å²) in [5.74, 6) is 0. The molecule has 0 fully saturated rings. The van der Waals surface area contributed by atoms with Crippen molar-refractivity contribution in [3.8, 4) is 0 Å². The molecule has 0 saturated heterocycles. The summed E-state index contributed by atoms with van der Waals surface area (Å²) in [7, 11) is 3.30. The van der Waals surface area contributed by atoms with E-state index in [0.717, 1.165) is 0 Å². The van der Waals surface area contributed by atoms with E-state index >= 15 is 0 Å². The standard InChI is InChI=1S/2C3H7O2.Al.Na.H2.2H/c2*1-5-3-2-4;;;;;/h2*2-3H2,1H3;;;1H;;/q2*-1;+2;;;;. The Morgan fingerprint density at radius 3 is 1.67 bits per heavy atom. The molecule has 70 valence electrons. The van der Waals surface area contributed by atoms with Crippen LogP contribution in [0.1, 0.15) is 1.43 Å². The number of rotatable bonds is 8. The fourth-order valence-corrected chi connectivity index (χ4v) is 1.05. The van der Waals surface area contributed by atoms with Gasteiger partial charge in [0.1, 0.15) is 0 Å². The summed E-state index contributed by atoms with van der Waals surface area (Å²) in [6, 6.07) is 0. The van der Waals surface area contributed by atoms with Crippen molar-refractivity contribution in [3.05, 3.63) is 0 Å². The van der Waals surface area contributed by atoms with Gasteiger partial charge in [0, 0.05) is 28.9 Å². The SMILES string of the molecule is COCC[O][AlH][O]CCOC.[HH].[NaH]. The molecule has 0 atom stereocenters. The van der Waals surface area contributed by atoms with E-state index in [-0.39, 0.29) is 31.0 Å². The molecule has 0 aliphatic heterocycles. The monoisotopic (exact) mass is 204 g/mol. The van der Waals surface area contributed by atoms with Crippen LogP contribution in [0, 0.1) is 0 Å². The predicted octanol–water partition coefficient (Wildman–Crippen LogP) is -0.824. The van der Waals surface area contributed by atoms with Crippen molar-refractivity contribution in [2.24, 2.45) is 0 Å². The first kappa shape index (κ1) is 15.8. The Bertz CT molecular complexity index is 73.7. The third-order valence-electron chi connectivity index (χ3n) is 1.03. The van der Waals surface area contributed by atoms with Crippen LogP contribution in [-0.2, 0) is 17.1 Å². The van der Waals surface area contributed by atoms with Crippen molar-refractivity contribution >= 4 is 45.4 Å². The maximum atomic E-state index is 5.16. The predicted molar refractivity (Wildman–Crippen MR) is 52.1 cm³/mol. The van der Waals surface area contributed by atoms with Gasteiger partial charge in [-0.2, -0.15) is 0 Å². The van der Waals surface area contributed by atoms with Crippen LogP contribution in [0.4, 0.5) is 0 Å². The molecule has 0 aliphatic rings. The second-order valence-corrected chi connectivity index (χ2v) is 2.97. The summed E-state index contributed by atoms with van der Waals surface area (Å²) in [4.78, 5) is 0. The van der Waals surface area contributed by atoms with Crippen molar-refractivity contribution in [1.82, 2.24) is 0 Å². The molecule has 0 amide bonds. The molecule has 0 radical (unpaired) electrons. The van der Waals surface area contributed by atoms with E-state index in [0.29, 0.717) is 26.4 Å². The van der Waals surface area contributed by atoms with Gasteiger partial charge in [-0.25, -0.2) is 0 Å². The molecule has 0 aromatic carbocycles. The van der Waals surface area contributed by atoms with E-state index in [2.05, 4.69) is 0 Å². The Kier molecular flexibility index (Phi) is 19.6.